The first-order valence-corrected chi connectivity index (χ1v) is 7.65. The number of hydrogen-bond acceptors (Lipinski definition) is 3. The van der Waals surface area contributed by atoms with Crippen molar-refractivity contribution in [3.05, 3.63) is 45.9 Å². The third kappa shape index (κ3) is 2.61. The summed E-state index contributed by atoms with van der Waals surface area (Å²) in [6.07, 6.45) is 1.81. The summed E-state index contributed by atoms with van der Waals surface area (Å²) in [6, 6.07) is 6.17. The molecule has 4 heteroatoms. The quantitative estimate of drug-likeness (QED) is 0.812. The van der Waals surface area contributed by atoms with E-state index in [0.29, 0.717) is 11.8 Å². The van der Waals surface area contributed by atoms with Crippen LogP contribution >= 0.6 is 11.3 Å². The Morgan fingerprint density at radius 2 is 1.70 bits per heavy atom. The van der Waals surface area contributed by atoms with Crippen LogP contribution in [0.3, 0.4) is 0 Å². The molecule has 0 saturated heterocycles. The number of carbonyl (C=O) groups is 1. The topological polar surface area (TPSA) is 44.0 Å². The lowest BCUT2D eigenvalue weighted by atomic mass is 9.92. The van der Waals surface area contributed by atoms with E-state index in [2.05, 4.69) is 39.8 Å². The number of thiazole rings is 1. The fraction of sp³-hybridized carbons (Fsp3) is 0.375. The summed E-state index contributed by atoms with van der Waals surface area (Å²) in [5, 5.41) is 13.3. The number of nitrogens with zero attached hydrogens (tertiary/aromatic N) is 1. The van der Waals surface area contributed by atoms with Crippen LogP contribution in [0.25, 0.3) is 5.69 Å². The van der Waals surface area contributed by atoms with Crippen LogP contribution in [0.5, 0.6) is 0 Å². The highest BCUT2D eigenvalue weighted by Crippen LogP contribution is 2.28. The molecule has 20 heavy (non-hydrogen) atoms. The van der Waals surface area contributed by atoms with E-state index in [9.17, 15) is 9.90 Å². The Kier molecular flexibility index (Phi) is 4.23. The zero-order valence-electron chi connectivity index (χ0n) is 12.2. The fourth-order valence-electron chi connectivity index (χ4n) is 2.39. The van der Waals surface area contributed by atoms with Crippen molar-refractivity contribution in [2.45, 2.75) is 39.5 Å². The van der Waals surface area contributed by atoms with Gasteiger partial charge in [-0.2, -0.15) is 0 Å². The number of aromatic carboxylic acids is 1. The second-order valence-electron chi connectivity index (χ2n) is 5.46. The number of carboxylic acids is 1. The number of hydrogen-bond donors (Lipinski definition) is 0. The van der Waals surface area contributed by atoms with Gasteiger partial charge in [0.15, 0.2) is 12.2 Å². The van der Waals surface area contributed by atoms with Gasteiger partial charge in [-0.15, -0.1) is 4.57 Å². The molecule has 0 N–H and O–H groups in total. The summed E-state index contributed by atoms with van der Waals surface area (Å²) in [5.74, 6) is -0.482. The number of aromatic nitrogens is 1. The Balaban J connectivity index is 2.76. The molecule has 0 radical (unpaired) electrons. The average molecular weight is 289 g/mol. The molecule has 0 spiro atoms. The Hall–Kier alpha value is -1.68. The first kappa shape index (κ1) is 14.7. The van der Waals surface area contributed by atoms with E-state index < -0.39 is 5.97 Å². The van der Waals surface area contributed by atoms with Crippen LogP contribution in [0.4, 0.5) is 0 Å². The maximum Gasteiger partial charge on any atom is 0.290 e. The van der Waals surface area contributed by atoms with Gasteiger partial charge in [-0.25, -0.2) is 0 Å². The molecular weight excluding hydrogens is 270 g/mol. The van der Waals surface area contributed by atoms with Gasteiger partial charge in [0, 0.05) is 11.1 Å². The summed E-state index contributed by atoms with van der Waals surface area (Å²) >= 11 is 1.19. The molecule has 1 heterocycles. The lowest BCUT2D eigenvalue weighted by molar-refractivity contribution is -0.597. The normalized spacial score (nSPS) is 11.3. The molecule has 1 aromatic heterocycles. The number of carbonyl (C=O) groups excluding carboxylic acids is 1. The van der Waals surface area contributed by atoms with Crippen LogP contribution < -0.4 is 9.67 Å². The van der Waals surface area contributed by atoms with Crippen molar-refractivity contribution in [2.24, 2.45) is 0 Å². The summed E-state index contributed by atoms with van der Waals surface area (Å²) in [4.78, 5) is 11.3. The highest BCUT2D eigenvalue weighted by molar-refractivity contribution is 7.11. The molecule has 2 rings (SSSR count). The Bertz CT molecular complexity index is 603. The van der Waals surface area contributed by atoms with Gasteiger partial charge in [-0.1, -0.05) is 57.2 Å². The van der Waals surface area contributed by atoms with Gasteiger partial charge >= 0.3 is 0 Å². The molecule has 3 nitrogen and oxygen atoms in total. The zero-order valence-corrected chi connectivity index (χ0v) is 13.0. The molecule has 0 unspecified atom stereocenters. The first-order valence-electron chi connectivity index (χ1n) is 6.77. The monoisotopic (exact) mass is 289 g/mol. The second kappa shape index (κ2) is 5.75. The molecule has 1 aromatic carbocycles. The smallest absolute Gasteiger partial charge is 0.290 e. The Labute approximate surface area is 123 Å². The molecule has 0 aliphatic rings. The molecule has 0 amide bonds. The molecule has 0 aliphatic heterocycles. The third-order valence-electron chi connectivity index (χ3n) is 3.37. The summed E-state index contributed by atoms with van der Waals surface area (Å²) in [7, 11) is 0. The van der Waals surface area contributed by atoms with E-state index in [0.717, 1.165) is 16.8 Å². The predicted octanol–water partition coefficient (Wildman–Crippen LogP) is 2.64. The van der Waals surface area contributed by atoms with Crippen molar-refractivity contribution in [1.82, 2.24) is 0 Å². The van der Waals surface area contributed by atoms with Crippen LogP contribution in [0.1, 0.15) is 60.5 Å². The van der Waals surface area contributed by atoms with Crippen LogP contribution in [0, 0.1) is 0 Å². The summed E-state index contributed by atoms with van der Waals surface area (Å²) < 4.78 is 1.75. The van der Waals surface area contributed by atoms with Crippen molar-refractivity contribution in [2.75, 3.05) is 0 Å². The van der Waals surface area contributed by atoms with Crippen molar-refractivity contribution in [3.8, 4) is 5.69 Å². The molecular formula is C16H19NO2S. The number of benzene rings is 1. The lowest BCUT2D eigenvalue weighted by Crippen LogP contribution is -2.41. The van der Waals surface area contributed by atoms with Crippen molar-refractivity contribution >= 4 is 17.3 Å². The Morgan fingerprint density at radius 1 is 1.15 bits per heavy atom. The molecule has 0 saturated carbocycles. The lowest BCUT2D eigenvalue weighted by Gasteiger charge is -2.14. The van der Waals surface area contributed by atoms with E-state index >= 15 is 0 Å². The molecule has 0 atom stereocenters. The SMILES string of the molecule is CC(C)c1cccc(C(C)C)c1-[n+]1ccsc1C(=O)[O-]. The number of carboxylic acid groups (broad SMARTS) is 1. The summed E-state index contributed by atoms with van der Waals surface area (Å²) in [5.41, 5.74) is 3.29. The summed E-state index contributed by atoms with van der Waals surface area (Å²) in [6.45, 7) is 8.48. The highest BCUT2D eigenvalue weighted by atomic mass is 32.1. The molecule has 2 aromatic rings. The molecule has 106 valence electrons. The largest absolute Gasteiger partial charge is 0.539 e. The first-order chi connectivity index (χ1) is 9.43. The van der Waals surface area contributed by atoms with Gasteiger partial charge in [0.25, 0.3) is 5.01 Å². The number of rotatable bonds is 4. The number of para-hydroxylation sites is 1. The van der Waals surface area contributed by atoms with E-state index in [1.807, 2.05) is 12.3 Å². The van der Waals surface area contributed by atoms with E-state index in [1.165, 1.54) is 11.3 Å². The van der Waals surface area contributed by atoms with Crippen molar-refractivity contribution in [1.29, 1.82) is 0 Å². The molecule has 0 fully saturated rings. The fourth-order valence-corrected chi connectivity index (χ4v) is 3.07. The predicted molar refractivity (Wildman–Crippen MR) is 78.4 cm³/mol. The van der Waals surface area contributed by atoms with Gasteiger partial charge in [-0.3, -0.25) is 0 Å². The second-order valence-corrected chi connectivity index (χ2v) is 6.35. The van der Waals surface area contributed by atoms with Crippen LogP contribution in [-0.2, 0) is 0 Å². The Morgan fingerprint density at radius 3 is 2.15 bits per heavy atom. The van der Waals surface area contributed by atoms with Gasteiger partial charge < -0.3 is 9.90 Å². The van der Waals surface area contributed by atoms with Crippen molar-refractivity contribution in [3.63, 3.8) is 0 Å². The van der Waals surface area contributed by atoms with E-state index in [1.54, 1.807) is 9.95 Å². The minimum atomic E-state index is -1.13. The molecule has 0 bridgehead atoms. The maximum atomic E-state index is 11.3. The van der Waals surface area contributed by atoms with Gasteiger partial charge in [0.2, 0.25) is 5.69 Å². The standard InChI is InChI=1S/C16H19NO2S/c1-10(2)12-6-5-7-13(11(3)4)14(12)17-8-9-20-15(17)16(18)19/h5-11H,1-4H3. The van der Waals surface area contributed by atoms with Crippen LogP contribution in [0.2, 0.25) is 0 Å². The third-order valence-corrected chi connectivity index (χ3v) is 4.21. The van der Waals surface area contributed by atoms with Gasteiger partial charge in [0.05, 0.1) is 5.38 Å². The van der Waals surface area contributed by atoms with Crippen molar-refractivity contribution < 1.29 is 14.5 Å². The molecule has 0 aliphatic carbocycles. The zero-order chi connectivity index (χ0) is 14.9. The van der Waals surface area contributed by atoms with Gasteiger partial charge in [0.1, 0.15) is 0 Å². The minimum Gasteiger partial charge on any atom is -0.539 e. The highest BCUT2D eigenvalue weighted by Gasteiger charge is 2.26. The van der Waals surface area contributed by atoms with E-state index in [-0.39, 0.29) is 5.01 Å². The maximum absolute atomic E-state index is 11.3. The van der Waals surface area contributed by atoms with Crippen LogP contribution in [-0.4, -0.2) is 5.97 Å². The van der Waals surface area contributed by atoms with Crippen LogP contribution in [0.15, 0.2) is 29.8 Å². The minimum absolute atomic E-state index is 0.236. The van der Waals surface area contributed by atoms with E-state index in [4.69, 9.17) is 0 Å². The average Bonchev–Trinajstić information content (AvgIpc) is 2.86. The van der Waals surface area contributed by atoms with Gasteiger partial charge in [-0.05, 0) is 11.8 Å².